The van der Waals surface area contributed by atoms with Gasteiger partial charge in [0.1, 0.15) is 0 Å². The number of anilines is 1. The molecule has 0 atom stereocenters. The van der Waals surface area contributed by atoms with Gasteiger partial charge in [0.05, 0.1) is 20.7 Å². The van der Waals surface area contributed by atoms with Gasteiger partial charge in [-0.15, -0.1) is 0 Å². The van der Waals surface area contributed by atoms with Crippen molar-refractivity contribution in [3.63, 3.8) is 0 Å². The maximum absolute atomic E-state index is 10.8. The molecule has 0 spiro atoms. The smallest absolute Gasteiger partial charge is 0.272 e. The number of hydrogen-bond acceptors (Lipinski definition) is 4. The number of halogens is 2. The summed E-state index contributed by atoms with van der Waals surface area (Å²) in [5.74, 6) is 0. The highest BCUT2D eigenvalue weighted by molar-refractivity contribution is 6.39. The van der Waals surface area contributed by atoms with Crippen LogP contribution in [-0.2, 0) is 0 Å². The van der Waals surface area contributed by atoms with Gasteiger partial charge in [0, 0.05) is 37.3 Å². The zero-order valence-electron chi connectivity index (χ0n) is 10.7. The first-order valence-corrected chi connectivity index (χ1v) is 6.70. The van der Waals surface area contributed by atoms with Gasteiger partial charge >= 0.3 is 0 Å². The Morgan fingerprint density at radius 3 is 2.42 bits per heavy atom. The first-order valence-electron chi connectivity index (χ1n) is 5.95. The minimum Gasteiger partial charge on any atom is -0.361 e. The Hall–Kier alpha value is -1.04. The Labute approximate surface area is 121 Å². The van der Waals surface area contributed by atoms with Crippen LogP contribution in [0.5, 0.6) is 0 Å². The maximum atomic E-state index is 10.8. The molecule has 1 fully saturated rings. The molecule has 1 aromatic carbocycles. The fourth-order valence-corrected chi connectivity index (χ4v) is 2.99. The topological polar surface area (TPSA) is 58.4 Å². The second-order valence-corrected chi connectivity index (χ2v) is 5.97. The molecule has 0 saturated carbocycles. The van der Waals surface area contributed by atoms with E-state index in [1.165, 1.54) is 12.1 Å². The molecule has 1 aliphatic rings. The predicted octanol–water partition coefficient (Wildman–Crippen LogP) is 3.09. The Kier molecular flexibility index (Phi) is 3.90. The Morgan fingerprint density at radius 1 is 1.37 bits per heavy atom. The Balaban J connectivity index is 2.47. The lowest BCUT2D eigenvalue weighted by atomic mass is 9.99. The molecule has 0 amide bonds. The molecule has 5 nitrogen and oxygen atoms in total. The minimum absolute atomic E-state index is 0.0910. The SMILES string of the molecule is CC1(C)CNCCN1c1c(Cl)cc([N+](=O)[O-])cc1Cl. The molecule has 0 bridgehead atoms. The van der Waals surface area contributed by atoms with E-state index in [9.17, 15) is 10.1 Å². The van der Waals surface area contributed by atoms with Crippen LogP contribution in [0.4, 0.5) is 11.4 Å². The number of benzene rings is 1. The second kappa shape index (κ2) is 5.15. The van der Waals surface area contributed by atoms with Crippen molar-refractivity contribution in [3.8, 4) is 0 Å². The predicted molar refractivity (Wildman–Crippen MR) is 77.4 cm³/mol. The fourth-order valence-electron chi connectivity index (χ4n) is 2.31. The number of hydrogen-bond donors (Lipinski definition) is 1. The average Bonchev–Trinajstić information content (AvgIpc) is 2.29. The third-order valence-electron chi connectivity index (χ3n) is 3.28. The molecule has 0 unspecified atom stereocenters. The highest BCUT2D eigenvalue weighted by Crippen LogP contribution is 2.40. The van der Waals surface area contributed by atoms with Gasteiger partial charge in [-0.3, -0.25) is 10.1 Å². The number of piperazine rings is 1. The van der Waals surface area contributed by atoms with Gasteiger partial charge in [-0.05, 0) is 13.8 Å². The normalized spacial score (nSPS) is 18.4. The van der Waals surface area contributed by atoms with Crippen LogP contribution >= 0.6 is 23.2 Å². The Bertz CT molecular complexity index is 497. The molecule has 1 aliphatic heterocycles. The number of nitro benzene ring substituents is 1. The van der Waals surface area contributed by atoms with Gasteiger partial charge in [-0.1, -0.05) is 23.2 Å². The summed E-state index contributed by atoms with van der Waals surface area (Å²) in [6.45, 7) is 6.54. The molecular weight excluding hydrogens is 289 g/mol. The molecule has 0 radical (unpaired) electrons. The molecule has 0 aromatic heterocycles. The summed E-state index contributed by atoms with van der Waals surface area (Å²) in [5, 5.41) is 14.7. The van der Waals surface area contributed by atoms with Crippen molar-refractivity contribution < 1.29 is 4.92 Å². The number of nitrogens with one attached hydrogen (secondary N) is 1. The third-order valence-corrected chi connectivity index (χ3v) is 3.86. The highest BCUT2D eigenvalue weighted by Gasteiger charge is 2.33. The minimum atomic E-state index is -0.496. The molecule has 7 heteroatoms. The van der Waals surface area contributed by atoms with Gasteiger partial charge in [0.25, 0.3) is 5.69 Å². The molecular formula is C12H15Cl2N3O2. The summed E-state index contributed by atoms with van der Waals surface area (Å²) in [6, 6.07) is 2.70. The van der Waals surface area contributed by atoms with Crippen molar-refractivity contribution >= 4 is 34.6 Å². The van der Waals surface area contributed by atoms with Crippen molar-refractivity contribution in [2.45, 2.75) is 19.4 Å². The van der Waals surface area contributed by atoms with E-state index in [1.807, 2.05) is 0 Å². The van der Waals surface area contributed by atoms with Crippen LogP contribution < -0.4 is 10.2 Å². The van der Waals surface area contributed by atoms with E-state index in [-0.39, 0.29) is 11.2 Å². The van der Waals surface area contributed by atoms with Gasteiger partial charge < -0.3 is 10.2 Å². The van der Waals surface area contributed by atoms with Crippen LogP contribution in [0.25, 0.3) is 0 Å². The summed E-state index contributed by atoms with van der Waals surface area (Å²) >= 11 is 12.4. The van der Waals surface area contributed by atoms with Crippen molar-refractivity contribution in [2.75, 3.05) is 24.5 Å². The van der Waals surface area contributed by atoms with E-state index in [0.29, 0.717) is 15.7 Å². The van der Waals surface area contributed by atoms with E-state index in [0.717, 1.165) is 19.6 Å². The van der Waals surface area contributed by atoms with Crippen LogP contribution in [0.1, 0.15) is 13.8 Å². The molecule has 104 valence electrons. The van der Waals surface area contributed by atoms with Crippen molar-refractivity contribution in [1.29, 1.82) is 0 Å². The third kappa shape index (κ3) is 2.78. The van der Waals surface area contributed by atoms with E-state index >= 15 is 0 Å². The maximum Gasteiger partial charge on any atom is 0.272 e. The monoisotopic (exact) mass is 303 g/mol. The fraction of sp³-hybridized carbons (Fsp3) is 0.500. The highest BCUT2D eigenvalue weighted by atomic mass is 35.5. The van der Waals surface area contributed by atoms with Crippen molar-refractivity contribution in [1.82, 2.24) is 5.32 Å². The first-order chi connectivity index (χ1) is 8.83. The molecule has 1 heterocycles. The molecule has 1 N–H and O–H groups in total. The second-order valence-electron chi connectivity index (χ2n) is 5.16. The quantitative estimate of drug-likeness (QED) is 0.674. The summed E-state index contributed by atoms with van der Waals surface area (Å²) in [6.07, 6.45) is 0. The lowest BCUT2D eigenvalue weighted by Gasteiger charge is -2.45. The lowest BCUT2D eigenvalue weighted by molar-refractivity contribution is -0.384. The van der Waals surface area contributed by atoms with Crippen LogP contribution in [0.2, 0.25) is 10.0 Å². The zero-order chi connectivity index (χ0) is 14.2. The van der Waals surface area contributed by atoms with Crippen molar-refractivity contribution in [2.24, 2.45) is 0 Å². The molecule has 0 aliphatic carbocycles. The molecule has 1 saturated heterocycles. The van der Waals surface area contributed by atoms with Gasteiger partial charge in [-0.2, -0.15) is 0 Å². The van der Waals surface area contributed by atoms with E-state index in [1.54, 1.807) is 0 Å². The van der Waals surface area contributed by atoms with E-state index < -0.39 is 4.92 Å². The zero-order valence-corrected chi connectivity index (χ0v) is 12.3. The molecule has 2 rings (SSSR count). The first kappa shape index (κ1) is 14.4. The molecule has 1 aromatic rings. The number of non-ortho nitro benzene ring substituents is 1. The van der Waals surface area contributed by atoms with E-state index in [2.05, 4.69) is 24.1 Å². The van der Waals surface area contributed by atoms with Gasteiger partial charge in [0.15, 0.2) is 0 Å². The summed E-state index contributed by atoms with van der Waals surface area (Å²) in [7, 11) is 0. The lowest BCUT2D eigenvalue weighted by Crippen LogP contribution is -2.58. The Morgan fingerprint density at radius 2 is 1.95 bits per heavy atom. The van der Waals surface area contributed by atoms with Gasteiger partial charge in [0.2, 0.25) is 0 Å². The standard InChI is InChI=1S/C12H15Cl2N3O2/c1-12(2)7-15-3-4-16(12)11-9(13)5-8(17(18)19)6-10(11)14/h5-6,15H,3-4,7H2,1-2H3. The van der Waals surface area contributed by atoms with Crippen LogP contribution in [0.3, 0.4) is 0 Å². The number of rotatable bonds is 2. The van der Waals surface area contributed by atoms with E-state index in [4.69, 9.17) is 23.2 Å². The summed E-state index contributed by atoms with van der Waals surface area (Å²) < 4.78 is 0. The average molecular weight is 304 g/mol. The van der Waals surface area contributed by atoms with Crippen LogP contribution in [0.15, 0.2) is 12.1 Å². The van der Waals surface area contributed by atoms with Crippen LogP contribution in [-0.4, -0.2) is 30.1 Å². The van der Waals surface area contributed by atoms with Crippen LogP contribution in [0, 0.1) is 10.1 Å². The van der Waals surface area contributed by atoms with Gasteiger partial charge in [-0.25, -0.2) is 0 Å². The summed E-state index contributed by atoms with van der Waals surface area (Å²) in [4.78, 5) is 12.4. The van der Waals surface area contributed by atoms with Crippen molar-refractivity contribution in [3.05, 3.63) is 32.3 Å². The number of nitrogens with zero attached hydrogens (tertiary/aromatic N) is 2. The molecule has 19 heavy (non-hydrogen) atoms. The summed E-state index contributed by atoms with van der Waals surface area (Å²) in [5.41, 5.74) is 0.425. The largest absolute Gasteiger partial charge is 0.361 e. The number of nitro groups is 1.